The Morgan fingerprint density at radius 1 is 1.06 bits per heavy atom. The van der Waals surface area contributed by atoms with Gasteiger partial charge in [0.2, 0.25) is 0 Å². The highest BCUT2D eigenvalue weighted by atomic mass is 35.5. The van der Waals surface area contributed by atoms with E-state index < -0.39 is 0 Å². The molecular weight excluding hydrogens is 482 g/mol. The Balaban J connectivity index is 1.26. The maximum Gasteiger partial charge on any atom is 0.190 e. The van der Waals surface area contributed by atoms with Gasteiger partial charge in [-0.2, -0.15) is 0 Å². The third-order valence-electron chi connectivity index (χ3n) is 6.06. The Kier molecular flexibility index (Phi) is 7.19. The zero-order valence-corrected chi connectivity index (χ0v) is 21.0. The Bertz CT molecular complexity index is 1300. The number of aromatic nitrogens is 3. The topological polar surface area (TPSA) is 77.5 Å². The first-order valence-corrected chi connectivity index (χ1v) is 12.6. The lowest BCUT2D eigenvalue weighted by atomic mass is 10.2. The molecule has 0 unspecified atom stereocenters. The number of pyridine rings is 2. The van der Waals surface area contributed by atoms with Gasteiger partial charge in [-0.25, -0.2) is 15.0 Å². The number of anilines is 4. The summed E-state index contributed by atoms with van der Waals surface area (Å²) in [5.41, 5.74) is 3.04. The minimum Gasteiger partial charge on any atom is -0.329 e. The van der Waals surface area contributed by atoms with Crippen LogP contribution < -0.4 is 10.2 Å². The van der Waals surface area contributed by atoms with E-state index in [1.807, 2.05) is 60.6 Å². The molecule has 1 saturated heterocycles. The maximum atomic E-state index is 10.7. The van der Waals surface area contributed by atoms with Crippen molar-refractivity contribution in [2.75, 3.05) is 50.0 Å². The molecule has 0 bridgehead atoms. The van der Waals surface area contributed by atoms with Crippen LogP contribution in [0.5, 0.6) is 0 Å². The standard InChI is InChI=1S/C25H26ClN7OS/c1-31(20-4-2-19(26)3-5-20)23-7-6-21-24(30-23)35-25(28-21)29-22-16-18(8-9-27-22)17-33-12-10-32(11-13-33)14-15-34/h2-9,15-16H,10-14,17H2,1H3,(H,27,28,29). The van der Waals surface area contributed by atoms with Crippen molar-refractivity contribution in [2.45, 2.75) is 6.54 Å². The molecule has 1 aromatic carbocycles. The Morgan fingerprint density at radius 3 is 2.60 bits per heavy atom. The van der Waals surface area contributed by atoms with Crippen molar-refractivity contribution in [3.8, 4) is 0 Å². The van der Waals surface area contributed by atoms with Crippen molar-refractivity contribution in [1.29, 1.82) is 0 Å². The molecule has 35 heavy (non-hydrogen) atoms. The summed E-state index contributed by atoms with van der Waals surface area (Å²) in [7, 11) is 1.98. The smallest absolute Gasteiger partial charge is 0.190 e. The number of carbonyl (C=O) groups is 1. The van der Waals surface area contributed by atoms with E-state index in [-0.39, 0.29) is 0 Å². The minimum atomic E-state index is 0.521. The molecule has 0 amide bonds. The van der Waals surface area contributed by atoms with Gasteiger partial charge in [0, 0.05) is 56.7 Å². The van der Waals surface area contributed by atoms with Crippen LogP contribution in [0.25, 0.3) is 10.3 Å². The van der Waals surface area contributed by atoms with Crippen LogP contribution in [-0.2, 0) is 11.3 Å². The number of fused-ring (bicyclic) bond motifs is 1. The lowest BCUT2D eigenvalue weighted by Crippen LogP contribution is -2.46. The number of thiazole rings is 1. The highest BCUT2D eigenvalue weighted by Gasteiger charge is 2.17. The monoisotopic (exact) mass is 507 g/mol. The lowest BCUT2D eigenvalue weighted by Gasteiger charge is -2.33. The van der Waals surface area contributed by atoms with Gasteiger partial charge in [-0.15, -0.1) is 0 Å². The third kappa shape index (κ3) is 5.76. The molecule has 0 spiro atoms. The number of hydrogen-bond donors (Lipinski definition) is 1. The van der Waals surface area contributed by atoms with Gasteiger partial charge in [-0.1, -0.05) is 22.9 Å². The number of nitrogens with one attached hydrogen (secondary N) is 1. The normalized spacial score (nSPS) is 14.8. The summed E-state index contributed by atoms with van der Waals surface area (Å²) in [6.45, 7) is 5.12. The molecule has 1 N–H and O–H groups in total. The number of rotatable bonds is 8. The van der Waals surface area contributed by atoms with Crippen LogP contribution in [0.3, 0.4) is 0 Å². The van der Waals surface area contributed by atoms with Crippen LogP contribution in [0, 0.1) is 0 Å². The summed E-state index contributed by atoms with van der Waals surface area (Å²) in [4.78, 5) is 32.2. The van der Waals surface area contributed by atoms with Gasteiger partial charge in [0.25, 0.3) is 0 Å². The quantitative estimate of drug-likeness (QED) is 0.348. The Hall–Kier alpha value is -3.11. The SMILES string of the molecule is CN(c1ccc(Cl)cc1)c1ccc2nc(Nc3cc(CN4CCN(CC=O)CC4)ccn3)sc2n1. The number of carbonyl (C=O) groups excluding carboxylic acids is 1. The molecule has 1 aliphatic heterocycles. The van der Waals surface area contributed by atoms with Gasteiger partial charge >= 0.3 is 0 Å². The number of nitrogens with zero attached hydrogens (tertiary/aromatic N) is 6. The Labute approximate surface area is 213 Å². The van der Waals surface area contributed by atoms with Crippen LogP contribution in [0.2, 0.25) is 5.02 Å². The van der Waals surface area contributed by atoms with E-state index in [4.69, 9.17) is 16.6 Å². The van der Waals surface area contributed by atoms with Gasteiger partial charge in [-0.05, 0) is 54.1 Å². The molecule has 180 valence electrons. The molecule has 4 aromatic rings. The fourth-order valence-corrected chi connectivity index (χ4v) is 5.05. The summed E-state index contributed by atoms with van der Waals surface area (Å²) in [5, 5.41) is 4.81. The van der Waals surface area contributed by atoms with E-state index in [1.54, 1.807) is 0 Å². The van der Waals surface area contributed by atoms with E-state index in [0.717, 1.165) is 71.8 Å². The number of benzene rings is 1. The molecular formula is C25H26ClN7OS. The molecule has 0 atom stereocenters. The van der Waals surface area contributed by atoms with E-state index >= 15 is 0 Å². The number of halogens is 1. The summed E-state index contributed by atoms with van der Waals surface area (Å²) >= 11 is 7.52. The molecule has 1 aliphatic rings. The van der Waals surface area contributed by atoms with Crippen molar-refractivity contribution in [3.63, 3.8) is 0 Å². The molecule has 0 aliphatic carbocycles. The first-order chi connectivity index (χ1) is 17.1. The fourth-order valence-electron chi connectivity index (χ4n) is 4.09. The number of aldehydes is 1. The highest BCUT2D eigenvalue weighted by Crippen LogP contribution is 2.30. The molecule has 5 rings (SSSR count). The average molecular weight is 508 g/mol. The zero-order valence-electron chi connectivity index (χ0n) is 19.4. The maximum absolute atomic E-state index is 10.7. The van der Waals surface area contributed by atoms with Crippen LogP contribution in [0.4, 0.5) is 22.5 Å². The van der Waals surface area contributed by atoms with Gasteiger partial charge in [-0.3, -0.25) is 9.80 Å². The van der Waals surface area contributed by atoms with Gasteiger partial charge in [0.1, 0.15) is 28.3 Å². The first kappa shape index (κ1) is 23.6. The van der Waals surface area contributed by atoms with Crippen LogP contribution in [0.15, 0.2) is 54.7 Å². The predicted octanol–water partition coefficient (Wildman–Crippen LogP) is 4.57. The summed E-state index contributed by atoms with van der Waals surface area (Å²) in [5.74, 6) is 1.60. The average Bonchev–Trinajstić information content (AvgIpc) is 3.27. The second-order valence-electron chi connectivity index (χ2n) is 8.47. The highest BCUT2D eigenvalue weighted by molar-refractivity contribution is 7.21. The summed E-state index contributed by atoms with van der Waals surface area (Å²) in [6.07, 6.45) is 2.80. The largest absolute Gasteiger partial charge is 0.329 e. The summed E-state index contributed by atoms with van der Waals surface area (Å²) in [6, 6.07) is 15.7. The zero-order chi connectivity index (χ0) is 24.2. The van der Waals surface area contributed by atoms with E-state index in [9.17, 15) is 4.79 Å². The third-order valence-corrected chi connectivity index (χ3v) is 7.19. The predicted molar refractivity (Wildman–Crippen MR) is 142 cm³/mol. The molecule has 4 heterocycles. The minimum absolute atomic E-state index is 0.521. The van der Waals surface area contributed by atoms with E-state index in [2.05, 4.69) is 31.2 Å². The fraction of sp³-hybridized carbons (Fsp3) is 0.280. The van der Waals surface area contributed by atoms with Crippen LogP contribution in [-0.4, -0.2) is 70.8 Å². The van der Waals surface area contributed by atoms with Gasteiger partial charge in [0.15, 0.2) is 5.13 Å². The second-order valence-corrected chi connectivity index (χ2v) is 9.88. The van der Waals surface area contributed by atoms with Crippen molar-refractivity contribution < 1.29 is 4.79 Å². The van der Waals surface area contributed by atoms with Crippen molar-refractivity contribution >= 4 is 62.0 Å². The molecule has 8 nitrogen and oxygen atoms in total. The van der Waals surface area contributed by atoms with E-state index in [1.165, 1.54) is 16.9 Å². The van der Waals surface area contributed by atoms with Crippen LogP contribution in [0.1, 0.15) is 5.56 Å². The first-order valence-electron chi connectivity index (χ1n) is 11.4. The van der Waals surface area contributed by atoms with E-state index in [0.29, 0.717) is 11.6 Å². The molecule has 1 fully saturated rings. The molecule has 3 aromatic heterocycles. The van der Waals surface area contributed by atoms with Crippen molar-refractivity contribution in [1.82, 2.24) is 24.8 Å². The van der Waals surface area contributed by atoms with Crippen molar-refractivity contribution in [3.05, 3.63) is 65.3 Å². The molecule has 10 heteroatoms. The van der Waals surface area contributed by atoms with Crippen molar-refractivity contribution in [2.24, 2.45) is 0 Å². The second kappa shape index (κ2) is 10.7. The number of piperazine rings is 1. The number of hydrogen-bond acceptors (Lipinski definition) is 9. The molecule has 0 saturated carbocycles. The van der Waals surface area contributed by atoms with Crippen LogP contribution >= 0.6 is 22.9 Å². The van der Waals surface area contributed by atoms with Gasteiger partial charge in [0.05, 0.1) is 6.54 Å². The lowest BCUT2D eigenvalue weighted by molar-refractivity contribution is -0.109. The molecule has 0 radical (unpaired) electrons. The van der Waals surface area contributed by atoms with Gasteiger partial charge < -0.3 is 15.0 Å². The summed E-state index contributed by atoms with van der Waals surface area (Å²) < 4.78 is 0. The Morgan fingerprint density at radius 2 is 1.83 bits per heavy atom.